The molecule has 0 aromatic heterocycles. The Kier molecular flexibility index (Phi) is 6.96. The number of hydrazine groups is 1. The van der Waals surface area contributed by atoms with Crippen molar-refractivity contribution in [1.82, 2.24) is 10.4 Å². The van der Waals surface area contributed by atoms with Crippen LogP contribution < -0.4 is 5.43 Å². The van der Waals surface area contributed by atoms with Crippen LogP contribution in [-0.2, 0) is 25.7 Å². The van der Waals surface area contributed by atoms with Crippen LogP contribution in [0.3, 0.4) is 0 Å². The van der Waals surface area contributed by atoms with Crippen molar-refractivity contribution in [2.24, 2.45) is 5.41 Å². The van der Waals surface area contributed by atoms with Crippen LogP contribution in [0.15, 0.2) is 57.5 Å². The molecule has 0 aliphatic carbocycles. The Morgan fingerprint density at radius 2 is 1.69 bits per heavy atom. The minimum absolute atomic E-state index is 0.340. The Morgan fingerprint density at radius 1 is 1.03 bits per heavy atom. The van der Waals surface area contributed by atoms with E-state index in [1.165, 1.54) is 0 Å². The molecule has 0 saturated carbocycles. The molecule has 4 rings (SSSR count). The number of carbonyl (C=O) groups is 2. The number of fused-ring (bicyclic) bond motifs is 2. The first-order chi connectivity index (χ1) is 16.3. The lowest BCUT2D eigenvalue weighted by Crippen LogP contribution is -2.72. The lowest BCUT2D eigenvalue weighted by molar-refractivity contribution is -0.351. The van der Waals surface area contributed by atoms with Gasteiger partial charge in [0.25, 0.3) is 5.91 Å². The smallest absolute Gasteiger partial charge is 0.317 e. The van der Waals surface area contributed by atoms with Gasteiger partial charge in [0.15, 0.2) is 11.4 Å². The van der Waals surface area contributed by atoms with Crippen molar-refractivity contribution in [1.29, 1.82) is 0 Å². The quantitative estimate of drug-likeness (QED) is 0.335. The fourth-order valence-corrected chi connectivity index (χ4v) is 5.52. The van der Waals surface area contributed by atoms with E-state index in [1.54, 1.807) is 30.1 Å². The van der Waals surface area contributed by atoms with Gasteiger partial charge in [-0.25, -0.2) is 9.78 Å². The van der Waals surface area contributed by atoms with Gasteiger partial charge in [-0.2, -0.15) is 5.01 Å². The van der Waals surface area contributed by atoms with Gasteiger partial charge in [-0.15, -0.1) is 0 Å². The van der Waals surface area contributed by atoms with Crippen molar-refractivity contribution in [3.8, 4) is 0 Å². The zero-order valence-corrected chi connectivity index (χ0v) is 23.7. The number of rotatable bonds is 5. The second kappa shape index (κ2) is 9.27. The van der Waals surface area contributed by atoms with E-state index < -0.39 is 28.4 Å². The Labute approximate surface area is 222 Å². The third-order valence-corrected chi connectivity index (χ3v) is 7.95. The molecule has 35 heavy (non-hydrogen) atoms. The number of halogens is 2. The molecule has 2 saturated heterocycles. The first-order valence-corrected chi connectivity index (χ1v) is 13.1. The largest absolute Gasteiger partial charge is 0.459 e. The predicted octanol–water partition coefficient (Wildman–Crippen LogP) is 5.92. The highest BCUT2D eigenvalue weighted by atomic mass is 79.9. The molecule has 1 N–H and O–H groups in total. The van der Waals surface area contributed by atoms with Crippen molar-refractivity contribution in [2.75, 3.05) is 0 Å². The van der Waals surface area contributed by atoms with Gasteiger partial charge < -0.3 is 4.74 Å². The molecule has 2 aromatic rings. The molecule has 2 heterocycles. The lowest BCUT2D eigenvalue weighted by Gasteiger charge is -2.52. The summed E-state index contributed by atoms with van der Waals surface area (Å²) < 4.78 is 7.55. The zero-order valence-electron chi connectivity index (χ0n) is 20.5. The van der Waals surface area contributed by atoms with Crippen LogP contribution in [-0.4, -0.2) is 33.9 Å². The number of benzene rings is 2. The summed E-state index contributed by atoms with van der Waals surface area (Å²) >= 11 is 6.91. The van der Waals surface area contributed by atoms with Crippen LogP contribution in [0, 0.1) is 5.41 Å². The maximum atomic E-state index is 13.9. The molecule has 2 bridgehead atoms. The first kappa shape index (κ1) is 26.3. The summed E-state index contributed by atoms with van der Waals surface area (Å²) in [5, 5.41) is 1.65. The van der Waals surface area contributed by atoms with Gasteiger partial charge in [0.1, 0.15) is 11.0 Å². The van der Waals surface area contributed by atoms with Crippen LogP contribution >= 0.6 is 31.9 Å². The predicted molar refractivity (Wildman–Crippen MR) is 138 cm³/mol. The average molecular weight is 610 g/mol. The van der Waals surface area contributed by atoms with Gasteiger partial charge >= 0.3 is 5.97 Å². The first-order valence-electron chi connectivity index (χ1n) is 11.5. The maximum Gasteiger partial charge on any atom is 0.317 e. The molecular weight excluding hydrogens is 580 g/mol. The van der Waals surface area contributed by atoms with E-state index in [0.29, 0.717) is 29.3 Å². The molecule has 0 spiro atoms. The van der Waals surface area contributed by atoms with Crippen molar-refractivity contribution >= 4 is 43.7 Å². The van der Waals surface area contributed by atoms with Crippen LogP contribution in [0.25, 0.3) is 0 Å². The summed E-state index contributed by atoms with van der Waals surface area (Å²) in [6, 6.07) is 15.0. The number of nitrogens with one attached hydrogen (secondary N) is 1. The van der Waals surface area contributed by atoms with Crippen molar-refractivity contribution < 1.29 is 24.1 Å². The average Bonchev–Trinajstić information content (AvgIpc) is 2.96. The second-order valence-corrected chi connectivity index (χ2v) is 12.2. The van der Waals surface area contributed by atoms with Gasteiger partial charge in [0.05, 0.1) is 5.56 Å². The Hall–Kier alpha value is -1.78. The fraction of sp³-hybridized carbons (Fsp3) is 0.462. The third kappa shape index (κ3) is 4.81. The van der Waals surface area contributed by atoms with E-state index >= 15 is 0 Å². The Morgan fingerprint density at radius 3 is 2.31 bits per heavy atom. The Bertz CT molecular complexity index is 1140. The fourth-order valence-electron chi connectivity index (χ4n) is 4.80. The van der Waals surface area contributed by atoms with Crippen LogP contribution in [0.5, 0.6) is 0 Å². The molecule has 2 aliphatic heterocycles. The van der Waals surface area contributed by atoms with Crippen molar-refractivity contribution in [3.05, 3.63) is 68.6 Å². The van der Waals surface area contributed by atoms with Gasteiger partial charge in [-0.05, 0) is 99.6 Å². The summed E-state index contributed by atoms with van der Waals surface area (Å²) in [6.07, 6.45) is 1.23. The lowest BCUT2D eigenvalue weighted by atomic mass is 9.66. The van der Waals surface area contributed by atoms with E-state index in [-0.39, 0.29) is 5.91 Å². The van der Waals surface area contributed by atoms with E-state index in [1.807, 2.05) is 58.0 Å². The second-order valence-electron chi connectivity index (χ2n) is 10.5. The number of esters is 1. The monoisotopic (exact) mass is 608 g/mol. The SMILES string of the molecule is CC(C)(C)OC(=O)C1(Cc2ccc(Br)cc2)CCC2(C)OOC1(C)N2NC(=O)c1ccccc1Br. The number of ether oxygens (including phenoxy) is 1. The summed E-state index contributed by atoms with van der Waals surface area (Å²) in [5.74, 6) is -0.740. The van der Waals surface area contributed by atoms with Gasteiger partial charge in [-0.1, -0.05) is 40.2 Å². The minimum atomic E-state index is -1.34. The molecule has 0 radical (unpaired) electrons. The van der Waals surface area contributed by atoms with Crippen molar-refractivity contribution in [2.45, 2.75) is 70.9 Å². The third-order valence-electron chi connectivity index (χ3n) is 6.73. The number of hydrogen-bond donors (Lipinski definition) is 1. The number of amides is 1. The van der Waals surface area contributed by atoms with E-state index in [2.05, 4.69) is 37.3 Å². The van der Waals surface area contributed by atoms with Gasteiger partial charge in [0, 0.05) is 8.95 Å². The molecule has 1 amide bonds. The number of hydrogen-bond acceptors (Lipinski definition) is 6. The number of carbonyl (C=O) groups excluding carboxylic acids is 2. The zero-order chi connectivity index (χ0) is 25.6. The molecule has 9 heteroatoms. The molecule has 2 fully saturated rings. The molecule has 7 nitrogen and oxygen atoms in total. The molecule has 2 aliphatic rings. The summed E-state index contributed by atoms with van der Waals surface area (Å²) in [6.45, 7) is 9.14. The topological polar surface area (TPSA) is 77.1 Å². The molecule has 188 valence electrons. The van der Waals surface area contributed by atoms with Crippen LogP contribution in [0.1, 0.15) is 63.4 Å². The highest BCUT2D eigenvalue weighted by Gasteiger charge is 2.72. The summed E-state index contributed by atoms with van der Waals surface area (Å²) in [7, 11) is 0. The normalized spacial score (nSPS) is 28.5. The van der Waals surface area contributed by atoms with E-state index in [4.69, 9.17) is 14.5 Å². The minimum Gasteiger partial charge on any atom is -0.459 e. The summed E-state index contributed by atoms with van der Waals surface area (Å²) in [4.78, 5) is 39.1. The van der Waals surface area contributed by atoms with Crippen LogP contribution in [0.2, 0.25) is 0 Å². The van der Waals surface area contributed by atoms with Gasteiger partial charge in [-0.3, -0.25) is 15.0 Å². The van der Waals surface area contributed by atoms with Crippen LogP contribution in [0.4, 0.5) is 0 Å². The summed E-state index contributed by atoms with van der Waals surface area (Å²) in [5.41, 5.74) is 0.217. The highest BCUT2D eigenvalue weighted by molar-refractivity contribution is 9.10. The van der Waals surface area contributed by atoms with E-state index in [9.17, 15) is 9.59 Å². The van der Waals surface area contributed by atoms with Gasteiger partial charge in [0.2, 0.25) is 0 Å². The Balaban J connectivity index is 1.77. The number of nitrogens with zero attached hydrogens (tertiary/aromatic N) is 1. The standard InChI is InChI=1S/C26H30Br2N2O5/c1-23(2,3)33-22(32)26(16-17-10-12-18(27)13-11-17)15-14-24(4)30(25(26,5)35-34-24)29-21(31)19-8-6-7-9-20(19)28/h6-13H,14-16H2,1-5H3,(H,29,31). The van der Waals surface area contributed by atoms with E-state index in [0.717, 1.165) is 10.0 Å². The molecule has 2 aromatic carbocycles. The van der Waals surface area contributed by atoms with Crippen molar-refractivity contribution in [3.63, 3.8) is 0 Å². The molecular formula is C26H30Br2N2O5. The maximum absolute atomic E-state index is 13.9. The molecule has 3 atom stereocenters. The highest BCUT2D eigenvalue weighted by Crippen LogP contribution is 2.57. The molecule has 3 unspecified atom stereocenters. The number of piperidine rings is 1.